The Kier molecular flexibility index (Phi) is 3.36. The first-order valence-electron chi connectivity index (χ1n) is 8.36. The number of nitrogens with zero attached hydrogens (tertiary/aromatic N) is 4. The maximum atomic E-state index is 13.0. The van der Waals surface area contributed by atoms with Gasteiger partial charge < -0.3 is 4.90 Å². The molecule has 0 radical (unpaired) electrons. The maximum absolute atomic E-state index is 13.0. The molecular formula is C17H22N4O. The van der Waals surface area contributed by atoms with Crippen molar-refractivity contribution in [3.63, 3.8) is 0 Å². The van der Waals surface area contributed by atoms with Gasteiger partial charge in [0.1, 0.15) is 5.82 Å². The van der Waals surface area contributed by atoms with Gasteiger partial charge in [-0.25, -0.2) is 0 Å². The third kappa shape index (κ3) is 2.19. The van der Waals surface area contributed by atoms with Gasteiger partial charge >= 0.3 is 0 Å². The lowest BCUT2D eigenvalue weighted by Crippen LogP contribution is -2.39. The minimum Gasteiger partial charge on any atom is -0.335 e. The number of aromatic nitrogens is 3. The van der Waals surface area contributed by atoms with Gasteiger partial charge in [0, 0.05) is 18.8 Å². The minimum absolute atomic E-state index is 0.171. The number of pyridine rings is 1. The Balaban J connectivity index is 1.62. The lowest BCUT2D eigenvalue weighted by molar-refractivity contribution is 0.0688. The number of carbonyl (C=O) groups is 1. The van der Waals surface area contributed by atoms with E-state index in [0.29, 0.717) is 12.0 Å². The highest BCUT2D eigenvalue weighted by Gasteiger charge is 2.36. The molecule has 1 amide bonds. The van der Waals surface area contributed by atoms with Crippen LogP contribution in [0, 0.1) is 12.8 Å². The Morgan fingerprint density at radius 1 is 1.14 bits per heavy atom. The molecule has 0 aromatic carbocycles. The van der Waals surface area contributed by atoms with Crippen molar-refractivity contribution in [3.8, 4) is 0 Å². The summed E-state index contributed by atoms with van der Waals surface area (Å²) in [6.45, 7) is 2.81. The Bertz CT molecular complexity index is 702. The predicted octanol–water partition coefficient (Wildman–Crippen LogP) is 2.83. The highest BCUT2D eigenvalue weighted by atomic mass is 16.2. The first-order chi connectivity index (χ1) is 10.7. The van der Waals surface area contributed by atoms with Crippen LogP contribution in [-0.4, -0.2) is 38.0 Å². The molecule has 5 heteroatoms. The molecule has 1 aliphatic heterocycles. The number of rotatable bonds is 2. The highest BCUT2D eigenvalue weighted by Crippen LogP contribution is 2.36. The molecule has 1 saturated heterocycles. The molecule has 2 aromatic rings. The van der Waals surface area contributed by atoms with Crippen LogP contribution >= 0.6 is 0 Å². The molecule has 1 atom stereocenters. The molecule has 0 bridgehead atoms. The number of hydrogen-bond acceptors (Lipinski definition) is 3. The van der Waals surface area contributed by atoms with Gasteiger partial charge in [0.2, 0.25) is 0 Å². The smallest absolute Gasteiger partial charge is 0.255 e. The molecule has 22 heavy (non-hydrogen) atoms. The van der Waals surface area contributed by atoms with Gasteiger partial charge in [-0.3, -0.25) is 9.20 Å². The van der Waals surface area contributed by atoms with Crippen molar-refractivity contribution >= 4 is 11.6 Å². The molecule has 2 aromatic heterocycles. The van der Waals surface area contributed by atoms with Crippen LogP contribution in [0.5, 0.6) is 0 Å². The molecular weight excluding hydrogens is 276 g/mol. The highest BCUT2D eigenvalue weighted by molar-refractivity contribution is 5.94. The molecule has 0 unspecified atom stereocenters. The van der Waals surface area contributed by atoms with Crippen molar-refractivity contribution in [2.24, 2.45) is 5.92 Å². The third-order valence-corrected chi connectivity index (χ3v) is 5.32. The van der Waals surface area contributed by atoms with Crippen LogP contribution in [0.1, 0.15) is 54.7 Å². The number of hydrogen-bond donors (Lipinski definition) is 0. The average molecular weight is 298 g/mol. The van der Waals surface area contributed by atoms with E-state index in [-0.39, 0.29) is 5.91 Å². The first-order valence-corrected chi connectivity index (χ1v) is 8.36. The third-order valence-electron chi connectivity index (χ3n) is 5.32. The summed E-state index contributed by atoms with van der Waals surface area (Å²) in [6, 6.07) is 4.22. The van der Waals surface area contributed by atoms with E-state index in [1.54, 1.807) is 0 Å². The van der Waals surface area contributed by atoms with Gasteiger partial charge in [0.25, 0.3) is 5.91 Å². The SMILES string of the molecule is Cc1nnc2ccc(C(=O)N3CCC[C@H]3C3CCCC3)cn12. The predicted molar refractivity (Wildman–Crippen MR) is 83.7 cm³/mol. The largest absolute Gasteiger partial charge is 0.335 e. The van der Waals surface area contributed by atoms with Crippen molar-refractivity contribution in [2.75, 3.05) is 6.54 Å². The molecule has 2 fully saturated rings. The van der Waals surface area contributed by atoms with Crippen LogP contribution < -0.4 is 0 Å². The monoisotopic (exact) mass is 298 g/mol. The number of likely N-dealkylation sites (tertiary alicyclic amines) is 1. The Morgan fingerprint density at radius 2 is 1.95 bits per heavy atom. The summed E-state index contributed by atoms with van der Waals surface area (Å²) in [5.41, 5.74) is 1.54. The molecule has 0 N–H and O–H groups in total. The second-order valence-corrected chi connectivity index (χ2v) is 6.65. The first kappa shape index (κ1) is 13.7. The van der Waals surface area contributed by atoms with Gasteiger partial charge in [-0.2, -0.15) is 0 Å². The van der Waals surface area contributed by atoms with E-state index in [1.165, 1.54) is 32.1 Å². The van der Waals surface area contributed by atoms with E-state index >= 15 is 0 Å². The van der Waals surface area contributed by atoms with Crippen LogP contribution in [0.15, 0.2) is 18.3 Å². The normalized spacial score (nSPS) is 22.8. The van der Waals surface area contributed by atoms with Crippen LogP contribution in [-0.2, 0) is 0 Å². The molecule has 4 rings (SSSR count). The minimum atomic E-state index is 0.171. The fourth-order valence-electron chi connectivity index (χ4n) is 4.17. The summed E-state index contributed by atoms with van der Waals surface area (Å²) in [5, 5.41) is 8.14. The van der Waals surface area contributed by atoms with Crippen molar-refractivity contribution in [3.05, 3.63) is 29.7 Å². The van der Waals surface area contributed by atoms with Crippen LogP contribution in [0.2, 0.25) is 0 Å². The van der Waals surface area contributed by atoms with Crippen molar-refractivity contribution in [2.45, 2.75) is 51.5 Å². The Morgan fingerprint density at radius 3 is 2.77 bits per heavy atom. The van der Waals surface area contributed by atoms with Gasteiger partial charge in [-0.1, -0.05) is 12.8 Å². The summed E-state index contributed by atoms with van der Waals surface area (Å²) in [7, 11) is 0. The van der Waals surface area contributed by atoms with E-state index < -0.39 is 0 Å². The lowest BCUT2D eigenvalue weighted by Gasteiger charge is -2.29. The summed E-state index contributed by atoms with van der Waals surface area (Å²) < 4.78 is 1.90. The maximum Gasteiger partial charge on any atom is 0.255 e. The number of fused-ring (bicyclic) bond motifs is 1. The molecule has 1 aliphatic carbocycles. The van der Waals surface area contributed by atoms with Gasteiger partial charge in [-0.15, -0.1) is 10.2 Å². The zero-order valence-corrected chi connectivity index (χ0v) is 13.0. The van der Waals surface area contributed by atoms with Crippen molar-refractivity contribution < 1.29 is 4.79 Å². The molecule has 0 spiro atoms. The van der Waals surface area contributed by atoms with E-state index in [0.717, 1.165) is 30.0 Å². The quantitative estimate of drug-likeness (QED) is 0.856. The molecule has 2 aliphatic rings. The van der Waals surface area contributed by atoms with Crippen LogP contribution in [0.25, 0.3) is 5.65 Å². The summed E-state index contributed by atoms with van der Waals surface area (Å²) in [5.74, 6) is 1.70. The van der Waals surface area contributed by atoms with Crippen molar-refractivity contribution in [1.29, 1.82) is 0 Å². The lowest BCUT2D eigenvalue weighted by atomic mass is 9.95. The number of carbonyl (C=O) groups excluding carboxylic acids is 1. The average Bonchev–Trinajstić information content (AvgIpc) is 3.26. The standard InChI is InChI=1S/C17H22N4O/c1-12-18-19-16-9-8-14(11-21(12)16)17(22)20-10-4-7-15(20)13-5-2-3-6-13/h8-9,11,13,15H,2-7,10H2,1H3/t15-/m0/s1. The Hall–Kier alpha value is -1.91. The summed E-state index contributed by atoms with van der Waals surface area (Å²) in [4.78, 5) is 15.1. The zero-order chi connectivity index (χ0) is 15.1. The van der Waals surface area contributed by atoms with E-state index in [1.807, 2.05) is 29.7 Å². The summed E-state index contributed by atoms with van der Waals surface area (Å²) >= 11 is 0. The topological polar surface area (TPSA) is 50.5 Å². The van der Waals surface area contributed by atoms with E-state index in [9.17, 15) is 4.79 Å². The fraction of sp³-hybridized carbons (Fsp3) is 0.588. The van der Waals surface area contributed by atoms with Gasteiger partial charge in [-0.05, 0) is 50.7 Å². The molecule has 116 valence electrons. The van der Waals surface area contributed by atoms with E-state index in [4.69, 9.17) is 0 Å². The molecule has 3 heterocycles. The molecule has 5 nitrogen and oxygen atoms in total. The Labute approximate surface area is 130 Å². The number of aryl methyl sites for hydroxylation is 1. The van der Waals surface area contributed by atoms with E-state index in [2.05, 4.69) is 15.1 Å². The van der Waals surface area contributed by atoms with Crippen LogP contribution in [0.4, 0.5) is 0 Å². The van der Waals surface area contributed by atoms with Crippen molar-refractivity contribution in [1.82, 2.24) is 19.5 Å². The zero-order valence-electron chi connectivity index (χ0n) is 13.0. The molecule has 1 saturated carbocycles. The van der Waals surface area contributed by atoms with Crippen LogP contribution in [0.3, 0.4) is 0 Å². The van der Waals surface area contributed by atoms with Gasteiger partial charge in [0.05, 0.1) is 5.56 Å². The second kappa shape index (κ2) is 5.38. The summed E-state index contributed by atoms with van der Waals surface area (Å²) in [6.07, 6.45) is 9.43. The number of amides is 1. The second-order valence-electron chi connectivity index (χ2n) is 6.65. The van der Waals surface area contributed by atoms with Gasteiger partial charge in [0.15, 0.2) is 5.65 Å². The fourth-order valence-corrected chi connectivity index (χ4v) is 4.17.